The molecule has 1 aromatic carbocycles. The summed E-state index contributed by atoms with van der Waals surface area (Å²) in [6.45, 7) is 3.37. The van der Waals surface area contributed by atoms with Crippen LogP contribution in [0.4, 0.5) is 14.7 Å². The van der Waals surface area contributed by atoms with Crippen LogP contribution in [0.15, 0.2) is 35.0 Å². The van der Waals surface area contributed by atoms with Crippen molar-refractivity contribution in [1.82, 2.24) is 34.8 Å². The van der Waals surface area contributed by atoms with Gasteiger partial charge in [-0.15, -0.1) is 0 Å². The fourth-order valence-electron chi connectivity index (χ4n) is 3.71. The number of halogens is 2. The molecule has 4 heterocycles. The molecule has 168 valence electrons. The molecule has 5 rings (SSSR count). The fraction of sp³-hybridized carbons (Fsp3) is 0.318. The van der Waals surface area contributed by atoms with Crippen LogP contribution in [-0.4, -0.2) is 53.8 Å². The maximum Gasteiger partial charge on any atom is 0.272 e. The minimum atomic E-state index is -2.64. The third-order valence-electron chi connectivity index (χ3n) is 5.28. The van der Waals surface area contributed by atoms with Gasteiger partial charge in [-0.1, -0.05) is 17.0 Å². The van der Waals surface area contributed by atoms with Crippen LogP contribution < -0.4 is 5.73 Å². The highest BCUT2D eigenvalue weighted by atomic mass is 19.3. The summed E-state index contributed by atoms with van der Waals surface area (Å²) in [6.07, 6.45) is 1.54. The first-order chi connectivity index (χ1) is 15.8. The molecule has 0 saturated carbocycles. The summed E-state index contributed by atoms with van der Waals surface area (Å²) in [4.78, 5) is 14.1. The number of alkyl halides is 2. The number of nitrogen functional groups attached to an aromatic ring is 1. The SMILES string of the molecule is Cc1nc(C(C)C#Cc2ccc3c(CN4CC(F)(F)C4)nn(-c4ccnc(N)n4)c3c2)no1. The Kier molecular flexibility index (Phi) is 5.02. The van der Waals surface area contributed by atoms with Crippen molar-refractivity contribution in [2.24, 2.45) is 0 Å². The molecule has 1 unspecified atom stereocenters. The monoisotopic (exact) mass is 450 g/mol. The molecule has 9 nitrogen and oxygen atoms in total. The molecule has 0 amide bonds. The van der Waals surface area contributed by atoms with Gasteiger partial charge in [-0.05, 0) is 25.1 Å². The van der Waals surface area contributed by atoms with Crippen LogP contribution in [-0.2, 0) is 6.54 Å². The van der Waals surface area contributed by atoms with E-state index in [9.17, 15) is 8.78 Å². The summed E-state index contributed by atoms with van der Waals surface area (Å²) in [5.41, 5.74) is 7.92. The Balaban J connectivity index is 1.52. The van der Waals surface area contributed by atoms with E-state index in [-0.39, 0.29) is 25.0 Å². The predicted molar refractivity (Wildman–Crippen MR) is 116 cm³/mol. The van der Waals surface area contributed by atoms with E-state index in [0.29, 0.717) is 29.8 Å². The van der Waals surface area contributed by atoms with Crippen LogP contribution in [0.1, 0.15) is 35.8 Å². The van der Waals surface area contributed by atoms with Gasteiger partial charge in [-0.25, -0.2) is 18.4 Å². The van der Waals surface area contributed by atoms with Crippen molar-refractivity contribution in [3.63, 3.8) is 0 Å². The number of hydrogen-bond acceptors (Lipinski definition) is 8. The highest BCUT2D eigenvalue weighted by molar-refractivity contribution is 5.84. The van der Waals surface area contributed by atoms with Crippen molar-refractivity contribution in [3.05, 3.63) is 53.4 Å². The van der Waals surface area contributed by atoms with Gasteiger partial charge in [0, 0.05) is 36.7 Å². The Bertz CT molecular complexity index is 1390. The number of aryl methyl sites for hydroxylation is 1. The zero-order chi connectivity index (χ0) is 23.2. The predicted octanol–water partition coefficient (Wildman–Crippen LogP) is 2.70. The molecule has 3 aromatic heterocycles. The van der Waals surface area contributed by atoms with E-state index >= 15 is 0 Å². The van der Waals surface area contributed by atoms with Gasteiger partial charge >= 0.3 is 0 Å². The maximum atomic E-state index is 13.3. The summed E-state index contributed by atoms with van der Waals surface area (Å²) in [6, 6.07) is 7.33. The number of rotatable bonds is 4. The molecular weight excluding hydrogens is 430 g/mol. The van der Waals surface area contributed by atoms with Crippen molar-refractivity contribution in [1.29, 1.82) is 0 Å². The molecular formula is C22H20F2N8O. The van der Waals surface area contributed by atoms with Gasteiger partial charge in [-0.3, -0.25) is 4.90 Å². The lowest BCUT2D eigenvalue weighted by Gasteiger charge is -2.38. The van der Waals surface area contributed by atoms with Crippen LogP contribution in [0.5, 0.6) is 0 Å². The first-order valence-electron chi connectivity index (χ1n) is 10.3. The molecule has 1 atom stereocenters. The van der Waals surface area contributed by atoms with Gasteiger partial charge in [-0.2, -0.15) is 15.1 Å². The van der Waals surface area contributed by atoms with Gasteiger partial charge in [0.05, 0.1) is 30.2 Å². The van der Waals surface area contributed by atoms with Crippen LogP contribution in [0.3, 0.4) is 0 Å². The normalized spacial score (nSPS) is 16.2. The Labute approximate surface area is 187 Å². The average molecular weight is 450 g/mol. The first-order valence-corrected chi connectivity index (χ1v) is 10.3. The molecule has 0 bridgehead atoms. The van der Waals surface area contributed by atoms with Gasteiger partial charge in [0.2, 0.25) is 11.8 Å². The third kappa shape index (κ3) is 4.25. The van der Waals surface area contributed by atoms with Crippen molar-refractivity contribution < 1.29 is 13.3 Å². The van der Waals surface area contributed by atoms with Crippen molar-refractivity contribution in [2.45, 2.75) is 32.2 Å². The number of aromatic nitrogens is 6. The Hall–Kier alpha value is -3.91. The zero-order valence-corrected chi connectivity index (χ0v) is 18.0. The second kappa shape index (κ2) is 7.90. The van der Waals surface area contributed by atoms with Crippen molar-refractivity contribution >= 4 is 16.9 Å². The number of fused-ring (bicyclic) bond motifs is 1. The third-order valence-corrected chi connectivity index (χ3v) is 5.28. The second-order valence-electron chi connectivity index (χ2n) is 8.03. The molecule has 33 heavy (non-hydrogen) atoms. The van der Waals surface area contributed by atoms with Crippen LogP contribution >= 0.6 is 0 Å². The molecule has 1 fully saturated rings. The Morgan fingerprint density at radius 3 is 2.76 bits per heavy atom. The number of likely N-dealkylation sites (tertiary alicyclic amines) is 1. The number of hydrogen-bond donors (Lipinski definition) is 1. The van der Waals surface area contributed by atoms with Crippen LogP contribution in [0.2, 0.25) is 0 Å². The molecule has 2 N–H and O–H groups in total. The van der Waals surface area contributed by atoms with E-state index in [1.54, 1.807) is 28.8 Å². The fourth-order valence-corrected chi connectivity index (χ4v) is 3.71. The summed E-state index contributed by atoms with van der Waals surface area (Å²) < 4.78 is 33.3. The quantitative estimate of drug-likeness (QED) is 0.473. The molecule has 0 radical (unpaired) electrons. The summed E-state index contributed by atoms with van der Waals surface area (Å²) >= 11 is 0. The number of nitrogens with zero attached hydrogens (tertiary/aromatic N) is 7. The highest BCUT2D eigenvalue weighted by Crippen LogP contribution is 2.30. The van der Waals surface area contributed by atoms with E-state index in [1.807, 2.05) is 25.1 Å². The topological polar surface area (TPSA) is 112 Å². The number of nitrogens with two attached hydrogens (primary N) is 1. The van der Waals surface area contributed by atoms with Gasteiger partial charge < -0.3 is 10.3 Å². The van der Waals surface area contributed by atoms with E-state index in [1.165, 1.54) is 0 Å². The maximum absolute atomic E-state index is 13.3. The molecule has 0 aliphatic carbocycles. The molecule has 1 aliphatic heterocycles. The van der Waals surface area contributed by atoms with Gasteiger partial charge in [0.25, 0.3) is 5.92 Å². The molecule has 1 saturated heterocycles. The Morgan fingerprint density at radius 2 is 2.06 bits per heavy atom. The van der Waals surface area contributed by atoms with E-state index in [2.05, 4.69) is 37.0 Å². The number of anilines is 1. The van der Waals surface area contributed by atoms with Crippen LogP contribution in [0, 0.1) is 18.8 Å². The lowest BCUT2D eigenvalue weighted by molar-refractivity contribution is -0.134. The highest BCUT2D eigenvalue weighted by Gasteiger charge is 2.43. The van der Waals surface area contributed by atoms with Gasteiger partial charge in [0.15, 0.2) is 11.6 Å². The number of benzene rings is 1. The lowest BCUT2D eigenvalue weighted by atomic mass is 10.1. The van der Waals surface area contributed by atoms with Crippen molar-refractivity contribution in [2.75, 3.05) is 18.8 Å². The second-order valence-corrected chi connectivity index (χ2v) is 8.03. The first kappa shape index (κ1) is 21.0. The molecule has 4 aromatic rings. The molecule has 0 spiro atoms. The molecule has 1 aliphatic rings. The smallest absolute Gasteiger partial charge is 0.272 e. The zero-order valence-electron chi connectivity index (χ0n) is 18.0. The Morgan fingerprint density at radius 1 is 1.24 bits per heavy atom. The molecule has 11 heteroatoms. The van der Waals surface area contributed by atoms with E-state index in [4.69, 9.17) is 10.3 Å². The standard InChI is InChI=1S/C22H20F2N8O/c1-13(20-27-14(2)33-30-20)3-4-15-5-6-16-17(10-31-11-22(23,24)12-31)29-32(18(16)9-15)19-7-8-26-21(25)28-19/h5-9,13H,10-12H2,1-2H3,(H2,25,26,28). The summed E-state index contributed by atoms with van der Waals surface area (Å²) in [7, 11) is 0. The minimum Gasteiger partial charge on any atom is -0.368 e. The van der Waals surface area contributed by atoms with Crippen molar-refractivity contribution in [3.8, 4) is 17.7 Å². The summed E-state index contributed by atoms with van der Waals surface area (Å²) in [5, 5.41) is 9.40. The minimum absolute atomic E-state index is 0.111. The average Bonchev–Trinajstić information content (AvgIpc) is 3.34. The lowest BCUT2D eigenvalue weighted by Crippen LogP contribution is -2.55. The van der Waals surface area contributed by atoms with Gasteiger partial charge in [0.1, 0.15) is 0 Å². The van der Waals surface area contributed by atoms with E-state index in [0.717, 1.165) is 16.5 Å². The summed E-state index contributed by atoms with van der Waals surface area (Å²) in [5.74, 6) is 5.01. The largest absolute Gasteiger partial charge is 0.368 e. The van der Waals surface area contributed by atoms with Crippen LogP contribution in [0.25, 0.3) is 16.7 Å². The van der Waals surface area contributed by atoms with E-state index < -0.39 is 5.92 Å².